The van der Waals surface area contributed by atoms with Crippen LogP contribution in [-0.2, 0) is 0 Å². The van der Waals surface area contributed by atoms with Crippen molar-refractivity contribution in [2.45, 2.75) is 18.9 Å². The van der Waals surface area contributed by atoms with Crippen LogP contribution < -0.4 is 4.90 Å². The second kappa shape index (κ2) is 5.30. The average molecular weight is 291 g/mol. The molecule has 1 aliphatic heterocycles. The van der Waals surface area contributed by atoms with Crippen LogP contribution in [0.25, 0.3) is 0 Å². The van der Waals surface area contributed by atoms with Crippen molar-refractivity contribution < 1.29 is 10.0 Å². The zero-order valence-corrected chi connectivity index (χ0v) is 11.0. The normalized spacial score (nSPS) is 19.9. The molecule has 2 rings (SSSR count). The third kappa shape index (κ3) is 2.68. The highest BCUT2D eigenvalue weighted by atomic mass is 35.5. The number of hydrogen-bond donors (Lipinski definition) is 1. The highest BCUT2D eigenvalue weighted by molar-refractivity contribution is 6.42. The zero-order chi connectivity index (χ0) is 13.3. The Morgan fingerprint density at radius 2 is 2.06 bits per heavy atom. The molecule has 0 spiro atoms. The minimum Gasteiger partial charge on any atom is -0.391 e. The summed E-state index contributed by atoms with van der Waals surface area (Å²) in [5.41, 5.74) is 0.326. The first-order valence-electron chi connectivity index (χ1n) is 5.55. The number of piperidine rings is 1. The Bertz CT molecular complexity index is 482. The number of aliphatic hydroxyl groups excluding tert-OH is 1. The molecule has 1 atom stereocenters. The number of halogens is 2. The number of anilines is 1. The van der Waals surface area contributed by atoms with Crippen molar-refractivity contribution in [3.8, 4) is 0 Å². The van der Waals surface area contributed by atoms with Crippen LogP contribution in [-0.4, -0.2) is 29.2 Å². The molecule has 0 bridgehead atoms. The molecule has 1 heterocycles. The van der Waals surface area contributed by atoms with Gasteiger partial charge in [-0.1, -0.05) is 23.2 Å². The van der Waals surface area contributed by atoms with Crippen LogP contribution in [0.5, 0.6) is 0 Å². The summed E-state index contributed by atoms with van der Waals surface area (Å²) in [5.74, 6) is 0. The molecule has 7 heteroatoms. The van der Waals surface area contributed by atoms with E-state index in [0.717, 1.165) is 6.42 Å². The van der Waals surface area contributed by atoms with Crippen LogP contribution >= 0.6 is 23.2 Å². The van der Waals surface area contributed by atoms with Crippen molar-refractivity contribution in [1.29, 1.82) is 0 Å². The van der Waals surface area contributed by atoms with Crippen molar-refractivity contribution in [2.75, 3.05) is 18.0 Å². The van der Waals surface area contributed by atoms with Crippen LogP contribution in [0.4, 0.5) is 11.4 Å². The molecule has 0 radical (unpaired) electrons. The highest BCUT2D eigenvalue weighted by Gasteiger charge is 2.25. The fourth-order valence-electron chi connectivity index (χ4n) is 2.10. The fourth-order valence-corrected chi connectivity index (χ4v) is 2.41. The minimum absolute atomic E-state index is 0.0847. The lowest BCUT2D eigenvalue weighted by molar-refractivity contribution is -0.384. The first kappa shape index (κ1) is 13.4. The molecule has 1 aromatic rings. The lowest BCUT2D eigenvalue weighted by Crippen LogP contribution is -2.38. The molecule has 1 aliphatic rings. The summed E-state index contributed by atoms with van der Waals surface area (Å²) < 4.78 is 0. The van der Waals surface area contributed by atoms with Gasteiger partial charge in [-0.15, -0.1) is 0 Å². The molecule has 0 amide bonds. The number of hydrogen-bond acceptors (Lipinski definition) is 4. The van der Waals surface area contributed by atoms with Crippen LogP contribution in [0.2, 0.25) is 10.0 Å². The molecule has 18 heavy (non-hydrogen) atoms. The molecular weight excluding hydrogens is 279 g/mol. The third-order valence-corrected chi connectivity index (χ3v) is 3.67. The molecule has 98 valence electrons. The van der Waals surface area contributed by atoms with E-state index in [-0.39, 0.29) is 15.7 Å². The van der Waals surface area contributed by atoms with Crippen LogP contribution in [0.15, 0.2) is 12.1 Å². The van der Waals surface area contributed by atoms with Gasteiger partial charge >= 0.3 is 0 Å². The monoisotopic (exact) mass is 290 g/mol. The van der Waals surface area contributed by atoms with E-state index in [9.17, 15) is 15.2 Å². The number of nitrogens with zero attached hydrogens (tertiary/aromatic N) is 2. The molecule has 5 nitrogen and oxygen atoms in total. The molecule has 0 aliphatic carbocycles. The summed E-state index contributed by atoms with van der Waals surface area (Å²) in [6.07, 6.45) is 1.04. The lowest BCUT2D eigenvalue weighted by Gasteiger charge is -2.31. The van der Waals surface area contributed by atoms with E-state index in [0.29, 0.717) is 25.2 Å². The smallest absolute Gasteiger partial charge is 0.294 e. The van der Waals surface area contributed by atoms with E-state index in [1.807, 2.05) is 0 Å². The van der Waals surface area contributed by atoms with E-state index in [1.165, 1.54) is 12.1 Å². The predicted octanol–water partition coefficient (Wildman–Crippen LogP) is 2.86. The van der Waals surface area contributed by atoms with Crippen molar-refractivity contribution in [1.82, 2.24) is 0 Å². The van der Waals surface area contributed by atoms with Crippen molar-refractivity contribution in [2.24, 2.45) is 0 Å². The summed E-state index contributed by atoms with van der Waals surface area (Å²) in [4.78, 5) is 12.3. The van der Waals surface area contributed by atoms with Gasteiger partial charge in [-0.3, -0.25) is 10.1 Å². The van der Waals surface area contributed by atoms with Crippen molar-refractivity contribution in [3.63, 3.8) is 0 Å². The highest BCUT2D eigenvalue weighted by Crippen LogP contribution is 2.37. The minimum atomic E-state index is -0.488. The Morgan fingerprint density at radius 3 is 2.67 bits per heavy atom. The Hall–Kier alpha value is -1.04. The van der Waals surface area contributed by atoms with Gasteiger partial charge in [0.2, 0.25) is 0 Å². The summed E-state index contributed by atoms with van der Waals surface area (Å²) in [6, 6.07) is 2.74. The van der Waals surface area contributed by atoms with Gasteiger partial charge in [0.25, 0.3) is 5.69 Å². The fraction of sp³-hybridized carbons (Fsp3) is 0.455. The van der Waals surface area contributed by atoms with Gasteiger partial charge in [0.15, 0.2) is 0 Å². The lowest BCUT2D eigenvalue weighted by atomic mass is 10.1. The van der Waals surface area contributed by atoms with Gasteiger partial charge in [0.05, 0.1) is 21.1 Å². The molecule has 1 saturated heterocycles. The molecule has 1 N–H and O–H groups in total. The molecule has 0 saturated carbocycles. The Labute approximate surface area is 114 Å². The van der Waals surface area contributed by atoms with Crippen LogP contribution in [0, 0.1) is 10.1 Å². The zero-order valence-electron chi connectivity index (χ0n) is 9.47. The van der Waals surface area contributed by atoms with Gasteiger partial charge in [-0.25, -0.2) is 0 Å². The van der Waals surface area contributed by atoms with Crippen molar-refractivity contribution in [3.05, 3.63) is 32.3 Å². The standard InChI is InChI=1S/C11H12Cl2N2O3/c12-8-4-10(11(15(17)18)5-9(8)13)14-3-1-2-7(16)6-14/h4-5,7,16H,1-3,6H2/t7-/m0/s1. The number of rotatable bonds is 2. The number of nitro groups is 1. The van der Waals surface area contributed by atoms with E-state index in [2.05, 4.69) is 0 Å². The molecule has 0 aromatic heterocycles. The quantitative estimate of drug-likeness (QED) is 0.672. The number of β-amino-alcohol motifs (C(OH)–C–C–N with tert-alkyl or cyclic N) is 1. The van der Waals surface area contributed by atoms with E-state index in [1.54, 1.807) is 4.90 Å². The van der Waals surface area contributed by atoms with Gasteiger partial charge in [-0.2, -0.15) is 0 Å². The average Bonchev–Trinajstić information content (AvgIpc) is 2.31. The summed E-state index contributed by atoms with van der Waals surface area (Å²) in [6.45, 7) is 1.04. The number of nitro benzene ring substituents is 1. The van der Waals surface area contributed by atoms with Crippen molar-refractivity contribution >= 4 is 34.6 Å². The maximum Gasteiger partial charge on any atom is 0.294 e. The summed E-state index contributed by atoms with van der Waals surface area (Å²) in [5, 5.41) is 21.1. The second-order valence-corrected chi connectivity index (χ2v) is 5.07. The Kier molecular flexibility index (Phi) is 3.94. The first-order valence-corrected chi connectivity index (χ1v) is 6.31. The molecular formula is C11H12Cl2N2O3. The SMILES string of the molecule is O=[N+]([O-])c1cc(Cl)c(Cl)cc1N1CCC[C@H](O)C1. The van der Waals surface area contributed by atoms with Crippen LogP contribution in [0.3, 0.4) is 0 Å². The summed E-state index contributed by atoms with van der Waals surface area (Å²) >= 11 is 11.7. The molecule has 0 unspecified atom stereocenters. The van der Waals surface area contributed by atoms with Gasteiger partial charge in [-0.05, 0) is 18.9 Å². The van der Waals surface area contributed by atoms with E-state index < -0.39 is 11.0 Å². The molecule has 1 fully saturated rings. The second-order valence-electron chi connectivity index (χ2n) is 4.25. The van der Waals surface area contributed by atoms with Crippen LogP contribution in [0.1, 0.15) is 12.8 Å². The van der Waals surface area contributed by atoms with E-state index in [4.69, 9.17) is 23.2 Å². The largest absolute Gasteiger partial charge is 0.391 e. The first-order chi connectivity index (χ1) is 8.49. The van der Waals surface area contributed by atoms with Gasteiger partial charge in [0, 0.05) is 19.2 Å². The van der Waals surface area contributed by atoms with Gasteiger partial charge in [0.1, 0.15) is 5.69 Å². The number of aliphatic hydroxyl groups is 1. The maximum atomic E-state index is 11.0. The number of benzene rings is 1. The van der Waals surface area contributed by atoms with Gasteiger partial charge < -0.3 is 10.0 Å². The predicted molar refractivity (Wildman–Crippen MR) is 70.6 cm³/mol. The Balaban J connectivity index is 2.41. The Morgan fingerprint density at radius 1 is 1.39 bits per heavy atom. The molecule has 1 aromatic carbocycles. The maximum absolute atomic E-state index is 11.0. The van der Waals surface area contributed by atoms with E-state index >= 15 is 0 Å². The third-order valence-electron chi connectivity index (χ3n) is 2.95. The topological polar surface area (TPSA) is 66.6 Å². The summed E-state index contributed by atoms with van der Waals surface area (Å²) in [7, 11) is 0.